The highest BCUT2D eigenvalue weighted by Crippen LogP contribution is 2.50. The van der Waals surface area contributed by atoms with Gasteiger partial charge in [0.25, 0.3) is 5.69 Å². The van der Waals surface area contributed by atoms with E-state index in [-0.39, 0.29) is 41.2 Å². The number of nitro benzene ring substituents is 1. The zero-order valence-corrected chi connectivity index (χ0v) is 11.7. The number of nitro groups is 1. The number of rotatable bonds is 2. The Morgan fingerprint density at radius 2 is 1.64 bits per heavy atom. The van der Waals surface area contributed by atoms with Gasteiger partial charge in [0, 0.05) is 12.1 Å². The van der Waals surface area contributed by atoms with Crippen LogP contribution in [0.2, 0.25) is 0 Å². The Morgan fingerprint density at radius 3 is 2.14 bits per heavy atom. The van der Waals surface area contributed by atoms with Crippen molar-refractivity contribution in [2.45, 2.75) is 12.8 Å². The Labute approximate surface area is 126 Å². The summed E-state index contributed by atoms with van der Waals surface area (Å²) in [5.41, 5.74) is 0.187. The van der Waals surface area contributed by atoms with Crippen molar-refractivity contribution in [1.82, 2.24) is 0 Å². The van der Waals surface area contributed by atoms with Gasteiger partial charge in [0.2, 0.25) is 11.8 Å². The molecule has 0 N–H and O–H groups in total. The molecule has 1 aromatic carbocycles. The highest BCUT2D eigenvalue weighted by Gasteiger charge is 2.56. The number of allylic oxidation sites excluding steroid dienone is 2. The smallest absolute Gasteiger partial charge is 0.271 e. The summed E-state index contributed by atoms with van der Waals surface area (Å²) in [4.78, 5) is 37.0. The van der Waals surface area contributed by atoms with Gasteiger partial charge in [-0.05, 0) is 30.7 Å². The second-order valence-electron chi connectivity index (χ2n) is 6.13. The molecule has 4 atom stereocenters. The van der Waals surface area contributed by atoms with Crippen molar-refractivity contribution in [2.75, 3.05) is 4.90 Å². The van der Waals surface area contributed by atoms with E-state index in [1.165, 1.54) is 18.2 Å². The molecule has 1 saturated carbocycles. The van der Waals surface area contributed by atoms with Crippen LogP contribution in [0.1, 0.15) is 12.8 Å². The molecule has 1 heterocycles. The van der Waals surface area contributed by atoms with Crippen molar-refractivity contribution < 1.29 is 14.5 Å². The van der Waals surface area contributed by atoms with Gasteiger partial charge in [-0.1, -0.05) is 18.2 Å². The van der Waals surface area contributed by atoms with Crippen LogP contribution in [0.3, 0.4) is 0 Å². The summed E-state index contributed by atoms with van der Waals surface area (Å²) in [5.74, 6) is -0.777. The zero-order chi connectivity index (χ0) is 15.4. The van der Waals surface area contributed by atoms with E-state index in [9.17, 15) is 19.7 Å². The summed E-state index contributed by atoms with van der Waals surface area (Å²) >= 11 is 0. The van der Waals surface area contributed by atoms with Crippen molar-refractivity contribution >= 4 is 23.2 Å². The lowest BCUT2D eigenvalue weighted by Gasteiger charge is -2.38. The van der Waals surface area contributed by atoms with Crippen LogP contribution in [0.4, 0.5) is 11.4 Å². The molecule has 2 amide bonds. The Hall–Kier alpha value is -2.50. The molecule has 4 aliphatic rings. The van der Waals surface area contributed by atoms with Crippen molar-refractivity contribution in [3.63, 3.8) is 0 Å². The Balaban J connectivity index is 1.75. The normalized spacial score (nSPS) is 32.5. The van der Waals surface area contributed by atoms with Crippen LogP contribution in [0.5, 0.6) is 0 Å². The first kappa shape index (κ1) is 13.2. The van der Waals surface area contributed by atoms with Crippen LogP contribution < -0.4 is 4.90 Å². The Kier molecular flexibility index (Phi) is 2.69. The second-order valence-corrected chi connectivity index (χ2v) is 6.13. The number of fused-ring (bicyclic) bond motifs is 1. The van der Waals surface area contributed by atoms with Gasteiger partial charge in [0.05, 0.1) is 22.4 Å². The molecule has 112 valence electrons. The summed E-state index contributed by atoms with van der Waals surface area (Å²) in [6.07, 6.45) is 5.98. The molecule has 0 unspecified atom stereocenters. The van der Waals surface area contributed by atoms with Crippen molar-refractivity contribution in [1.29, 1.82) is 0 Å². The van der Waals surface area contributed by atoms with Crippen LogP contribution in [-0.2, 0) is 9.59 Å². The number of carbonyl (C=O) groups is 2. The molecular weight excluding hydrogens is 284 g/mol. The summed E-state index contributed by atoms with van der Waals surface area (Å²) in [5, 5.41) is 10.9. The summed E-state index contributed by atoms with van der Waals surface area (Å²) in [6, 6.07) is 5.73. The molecule has 1 saturated heterocycles. The standard InChI is InChI=1S/C16H14N2O4/c19-15-13-9-4-5-10(7-6-9)14(13)16(20)17(15)11-2-1-3-12(8-11)18(21)22/h1-5,8-10,13-14H,6-7H2/t9-,10-,13-,14+/m0/s1. The van der Waals surface area contributed by atoms with E-state index in [0.717, 1.165) is 17.7 Å². The maximum absolute atomic E-state index is 12.7. The fourth-order valence-corrected chi connectivity index (χ4v) is 4.07. The minimum atomic E-state index is -0.521. The van der Waals surface area contributed by atoms with Crippen LogP contribution in [0.25, 0.3) is 0 Å². The molecule has 1 aromatic rings. The van der Waals surface area contributed by atoms with E-state index in [2.05, 4.69) is 12.2 Å². The molecule has 3 aliphatic carbocycles. The van der Waals surface area contributed by atoms with Gasteiger partial charge in [0.1, 0.15) is 0 Å². The molecule has 6 heteroatoms. The van der Waals surface area contributed by atoms with E-state index < -0.39 is 4.92 Å². The number of anilines is 1. The number of non-ortho nitro benzene ring substituents is 1. The van der Waals surface area contributed by atoms with E-state index in [4.69, 9.17) is 0 Å². The fourth-order valence-electron chi connectivity index (χ4n) is 4.07. The fraction of sp³-hybridized carbons (Fsp3) is 0.375. The number of nitrogens with zero attached hydrogens (tertiary/aromatic N) is 2. The Morgan fingerprint density at radius 1 is 1.05 bits per heavy atom. The first-order chi connectivity index (χ1) is 10.6. The summed E-state index contributed by atoms with van der Waals surface area (Å²) in [6.45, 7) is 0. The average molecular weight is 298 g/mol. The van der Waals surface area contributed by atoms with E-state index in [0.29, 0.717) is 5.69 Å². The second kappa shape index (κ2) is 4.50. The molecule has 0 aromatic heterocycles. The van der Waals surface area contributed by atoms with Gasteiger partial charge in [-0.3, -0.25) is 19.7 Å². The van der Waals surface area contributed by atoms with Crippen LogP contribution in [0, 0.1) is 33.8 Å². The number of carbonyl (C=O) groups excluding carboxylic acids is 2. The van der Waals surface area contributed by atoms with Crippen molar-refractivity contribution in [2.24, 2.45) is 23.7 Å². The molecule has 5 rings (SSSR count). The summed E-state index contributed by atoms with van der Waals surface area (Å²) in [7, 11) is 0. The summed E-state index contributed by atoms with van der Waals surface area (Å²) < 4.78 is 0. The molecule has 2 fully saturated rings. The number of hydrogen-bond donors (Lipinski definition) is 0. The minimum absolute atomic E-state index is 0.117. The number of hydrogen-bond acceptors (Lipinski definition) is 4. The monoisotopic (exact) mass is 298 g/mol. The van der Waals surface area contributed by atoms with Crippen LogP contribution in [0.15, 0.2) is 36.4 Å². The van der Waals surface area contributed by atoms with E-state index in [1.807, 2.05) is 0 Å². The van der Waals surface area contributed by atoms with Gasteiger partial charge >= 0.3 is 0 Å². The Bertz CT molecular complexity index is 695. The quantitative estimate of drug-likeness (QED) is 0.363. The predicted octanol–water partition coefficient (Wildman–Crippen LogP) is 2.30. The van der Waals surface area contributed by atoms with Gasteiger partial charge in [0.15, 0.2) is 0 Å². The lowest BCUT2D eigenvalue weighted by molar-refractivity contribution is -0.384. The first-order valence-electron chi connectivity index (χ1n) is 7.38. The maximum Gasteiger partial charge on any atom is 0.271 e. The molecule has 6 nitrogen and oxygen atoms in total. The molecule has 0 spiro atoms. The third-order valence-corrected chi connectivity index (χ3v) is 5.06. The first-order valence-corrected chi connectivity index (χ1v) is 7.38. The van der Waals surface area contributed by atoms with Crippen molar-refractivity contribution in [3.8, 4) is 0 Å². The largest absolute Gasteiger partial charge is 0.274 e. The number of benzene rings is 1. The lowest BCUT2D eigenvalue weighted by Crippen LogP contribution is -2.38. The van der Waals surface area contributed by atoms with Gasteiger partial charge < -0.3 is 0 Å². The average Bonchev–Trinajstić information content (AvgIpc) is 2.82. The molecule has 2 bridgehead atoms. The number of imide groups is 1. The van der Waals surface area contributed by atoms with Gasteiger partial charge in [-0.15, -0.1) is 0 Å². The third-order valence-electron chi connectivity index (χ3n) is 5.06. The third kappa shape index (κ3) is 1.66. The molecule has 0 radical (unpaired) electrons. The minimum Gasteiger partial charge on any atom is -0.274 e. The number of amides is 2. The van der Waals surface area contributed by atoms with Crippen LogP contribution in [-0.4, -0.2) is 16.7 Å². The highest BCUT2D eigenvalue weighted by atomic mass is 16.6. The maximum atomic E-state index is 12.7. The highest BCUT2D eigenvalue weighted by molar-refractivity contribution is 6.22. The molecule has 1 aliphatic heterocycles. The van der Waals surface area contributed by atoms with E-state index in [1.54, 1.807) is 6.07 Å². The van der Waals surface area contributed by atoms with Crippen LogP contribution >= 0.6 is 0 Å². The lowest BCUT2D eigenvalue weighted by atomic mass is 9.63. The molecular formula is C16H14N2O4. The molecule has 22 heavy (non-hydrogen) atoms. The van der Waals surface area contributed by atoms with E-state index >= 15 is 0 Å². The predicted molar refractivity (Wildman–Crippen MR) is 77.9 cm³/mol. The van der Waals surface area contributed by atoms with Crippen molar-refractivity contribution in [3.05, 3.63) is 46.5 Å². The SMILES string of the molecule is O=C1[C@@H]2[C@H](C(=O)N1c1cccc([N+](=O)[O-])c1)[C@H]1C=C[C@H]2CC1. The van der Waals surface area contributed by atoms with Gasteiger partial charge in [-0.2, -0.15) is 0 Å². The zero-order valence-electron chi connectivity index (χ0n) is 11.7. The topological polar surface area (TPSA) is 80.5 Å². The van der Waals surface area contributed by atoms with Gasteiger partial charge in [-0.25, -0.2) is 4.90 Å².